The van der Waals surface area contributed by atoms with Crippen molar-refractivity contribution in [3.05, 3.63) is 116 Å². The third-order valence-corrected chi connectivity index (χ3v) is 8.21. The van der Waals surface area contributed by atoms with E-state index in [9.17, 15) is 27.6 Å². The van der Waals surface area contributed by atoms with Gasteiger partial charge in [-0.05, 0) is 35.7 Å². The number of carbonyl (C=O) groups excluding carboxylic acids is 1. The zero-order valence-corrected chi connectivity index (χ0v) is 25.2. The van der Waals surface area contributed by atoms with E-state index >= 15 is 0 Å². The molecule has 0 saturated carbocycles. The van der Waals surface area contributed by atoms with E-state index in [4.69, 9.17) is 5.73 Å². The van der Waals surface area contributed by atoms with Gasteiger partial charge in [0.2, 0.25) is 5.91 Å². The second-order valence-electron chi connectivity index (χ2n) is 10.4. The minimum atomic E-state index is -4.54. The maximum Gasteiger partial charge on any atom is 0.416 e. The van der Waals surface area contributed by atoms with Gasteiger partial charge in [-0.2, -0.15) is 13.2 Å². The van der Waals surface area contributed by atoms with Crippen LogP contribution >= 0.6 is 11.8 Å². The van der Waals surface area contributed by atoms with Gasteiger partial charge in [0.25, 0.3) is 5.56 Å². The van der Waals surface area contributed by atoms with E-state index in [1.165, 1.54) is 15.5 Å². The van der Waals surface area contributed by atoms with E-state index in [0.717, 1.165) is 35.0 Å². The Morgan fingerprint density at radius 2 is 1.58 bits per heavy atom. The quantitative estimate of drug-likeness (QED) is 0.185. The van der Waals surface area contributed by atoms with Crippen LogP contribution in [0.15, 0.2) is 93.6 Å². The van der Waals surface area contributed by atoms with Crippen LogP contribution in [0.5, 0.6) is 0 Å². The summed E-state index contributed by atoms with van der Waals surface area (Å²) in [5, 5.41) is 0.341. The number of nitrogen functional groups attached to an aromatic ring is 1. The molecule has 0 fully saturated rings. The Hall–Kier alpha value is -4.78. The number of carbonyl (C=O) groups is 1. The van der Waals surface area contributed by atoms with Gasteiger partial charge in [0.05, 0.1) is 35.4 Å². The van der Waals surface area contributed by atoms with Crippen molar-refractivity contribution in [3.63, 3.8) is 0 Å². The Balaban J connectivity index is 1.49. The van der Waals surface area contributed by atoms with Crippen LogP contribution in [0.1, 0.15) is 36.5 Å². The number of anilines is 2. The lowest BCUT2D eigenvalue weighted by Crippen LogP contribution is -2.42. The summed E-state index contributed by atoms with van der Waals surface area (Å²) < 4.78 is 43.4. The molecule has 5 rings (SSSR count). The fourth-order valence-corrected chi connectivity index (χ4v) is 5.85. The zero-order chi connectivity index (χ0) is 32.1. The number of alkyl halides is 3. The minimum absolute atomic E-state index is 0.0866. The second kappa shape index (κ2) is 13.5. The molecular formula is C32H31F3N6O3S. The molecule has 0 bridgehead atoms. The number of fused-ring (bicyclic) bond motifs is 1. The van der Waals surface area contributed by atoms with Gasteiger partial charge in [0, 0.05) is 6.54 Å². The minimum Gasteiger partial charge on any atom is -0.383 e. The molecule has 0 radical (unpaired) electrons. The summed E-state index contributed by atoms with van der Waals surface area (Å²) in [6.45, 7) is 2.50. The van der Waals surface area contributed by atoms with Crippen LogP contribution in [0, 0.1) is 0 Å². The second-order valence-corrected chi connectivity index (χ2v) is 11.4. The van der Waals surface area contributed by atoms with E-state index < -0.39 is 28.9 Å². The van der Waals surface area contributed by atoms with Gasteiger partial charge in [0.1, 0.15) is 5.82 Å². The van der Waals surface area contributed by atoms with E-state index in [2.05, 4.69) is 9.97 Å². The Morgan fingerprint density at radius 3 is 2.18 bits per heavy atom. The molecule has 0 atom stereocenters. The van der Waals surface area contributed by atoms with Crippen LogP contribution in [0.2, 0.25) is 0 Å². The van der Waals surface area contributed by atoms with Crippen LogP contribution in [-0.4, -0.2) is 37.3 Å². The van der Waals surface area contributed by atoms with Gasteiger partial charge in [-0.1, -0.05) is 85.8 Å². The molecule has 0 aliphatic rings. The molecule has 2 heterocycles. The SMILES string of the molecule is CCCCN(C(=O)CSc1nc2cc(C(F)(F)F)ccc2n1Cc1ccccc1)c1c(N)n(Cc2ccccc2)c(=O)[nH]c1=O. The Bertz CT molecular complexity index is 1920. The average Bonchev–Trinajstić information content (AvgIpc) is 3.36. The molecule has 0 aliphatic heterocycles. The van der Waals surface area contributed by atoms with Crippen LogP contribution in [-0.2, 0) is 24.1 Å². The lowest BCUT2D eigenvalue weighted by atomic mass is 10.2. The third kappa shape index (κ3) is 7.14. The summed E-state index contributed by atoms with van der Waals surface area (Å²) in [6.07, 6.45) is -3.27. The number of rotatable bonds is 11. The van der Waals surface area contributed by atoms with Gasteiger partial charge >= 0.3 is 11.9 Å². The number of nitrogens with zero attached hydrogens (tertiary/aromatic N) is 4. The van der Waals surface area contributed by atoms with E-state index in [1.807, 2.05) is 67.6 Å². The Kier molecular flexibility index (Phi) is 9.47. The lowest BCUT2D eigenvalue weighted by Gasteiger charge is -2.24. The van der Waals surface area contributed by atoms with Crippen molar-refractivity contribution in [1.29, 1.82) is 0 Å². The predicted molar refractivity (Wildman–Crippen MR) is 170 cm³/mol. The van der Waals surface area contributed by atoms with Gasteiger partial charge in [-0.15, -0.1) is 0 Å². The highest BCUT2D eigenvalue weighted by Crippen LogP contribution is 2.33. The number of hydrogen-bond donors (Lipinski definition) is 2. The van der Waals surface area contributed by atoms with Crippen molar-refractivity contribution in [2.75, 3.05) is 22.9 Å². The zero-order valence-electron chi connectivity index (χ0n) is 24.4. The molecule has 45 heavy (non-hydrogen) atoms. The number of nitrogens with one attached hydrogen (secondary N) is 1. The summed E-state index contributed by atoms with van der Waals surface area (Å²) >= 11 is 1.05. The van der Waals surface area contributed by atoms with Gasteiger partial charge < -0.3 is 15.2 Å². The first kappa shape index (κ1) is 31.6. The number of H-pyrrole nitrogens is 1. The fraction of sp³-hybridized carbons (Fsp3) is 0.250. The van der Waals surface area contributed by atoms with Crippen molar-refractivity contribution in [2.24, 2.45) is 0 Å². The number of imidazole rings is 1. The molecular weight excluding hydrogens is 605 g/mol. The third-order valence-electron chi connectivity index (χ3n) is 7.25. The van der Waals surface area contributed by atoms with Crippen molar-refractivity contribution in [1.82, 2.24) is 19.1 Å². The molecule has 0 spiro atoms. The number of unbranched alkanes of at least 4 members (excludes halogenated alkanes) is 1. The molecule has 1 amide bonds. The maximum absolute atomic E-state index is 13.8. The summed E-state index contributed by atoms with van der Waals surface area (Å²) in [5.74, 6) is -0.798. The fourth-order valence-electron chi connectivity index (χ4n) is 4.96. The van der Waals surface area contributed by atoms with E-state index in [0.29, 0.717) is 30.1 Å². The van der Waals surface area contributed by atoms with Gasteiger partial charge in [-0.3, -0.25) is 19.1 Å². The molecule has 2 aromatic heterocycles. The normalized spacial score (nSPS) is 11.6. The number of halogens is 3. The monoisotopic (exact) mass is 636 g/mol. The summed E-state index contributed by atoms with van der Waals surface area (Å²) in [7, 11) is 0. The Labute approximate surface area is 260 Å². The molecule has 0 aliphatic carbocycles. The van der Waals surface area contributed by atoms with Crippen molar-refractivity contribution in [3.8, 4) is 0 Å². The van der Waals surface area contributed by atoms with E-state index in [1.54, 1.807) is 4.57 Å². The maximum atomic E-state index is 13.8. The molecule has 5 aromatic rings. The highest BCUT2D eigenvalue weighted by molar-refractivity contribution is 7.99. The van der Waals surface area contributed by atoms with Crippen LogP contribution in [0.25, 0.3) is 11.0 Å². The number of aromatic nitrogens is 4. The van der Waals surface area contributed by atoms with Gasteiger partial charge in [-0.25, -0.2) is 9.78 Å². The number of aromatic amines is 1. The number of thioether (sulfide) groups is 1. The number of amides is 1. The lowest BCUT2D eigenvalue weighted by molar-refractivity contribution is -0.137. The Morgan fingerprint density at radius 1 is 0.956 bits per heavy atom. The molecule has 13 heteroatoms. The topological polar surface area (TPSA) is 119 Å². The first-order valence-corrected chi connectivity index (χ1v) is 15.3. The van der Waals surface area contributed by atoms with Gasteiger partial charge in [0.15, 0.2) is 10.8 Å². The van der Waals surface area contributed by atoms with Crippen LogP contribution in [0.3, 0.4) is 0 Å². The van der Waals surface area contributed by atoms with Crippen LogP contribution in [0.4, 0.5) is 24.7 Å². The van der Waals surface area contributed by atoms with Crippen molar-refractivity contribution in [2.45, 2.75) is 44.2 Å². The predicted octanol–water partition coefficient (Wildman–Crippen LogP) is 5.51. The molecule has 0 saturated heterocycles. The molecule has 234 valence electrons. The van der Waals surface area contributed by atoms with Crippen molar-refractivity contribution < 1.29 is 18.0 Å². The standard InChI is InChI=1S/C32H31F3N6O3S/c1-2-3-16-39(27-28(36)41(30(44)38-29(27)43)19-22-12-8-5-9-13-22)26(42)20-45-31-37-24-17-23(32(33,34)35)14-15-25(24)40(31)18-21-10-6-4-7-11-21/h4-15,17H,2-3,16,18-20,36H2,1H3,(H,38,43,44). The smallest absolute Gasteiger partial charge is 0.383 e. The highest BCUT2D eigenvalue weighted by Gasteiger charge is 2.31. The largest absolute Gasteiger partial charge is 0.416 e. The number of nitrogens with two attached hydrogens (primary N) is 1. The molecule has 9 nitrogen and oxygen atoms in total. The average molecular weight is 637 g/mol. The van der Waals surface area contributed by atoms with E-state index in [-0.39, 0.29) is 35.9 Å². The number of hydrogen-bond acceptors (Lipinski definition) is 6. The highest BCUT2D eigenvalue weighted by atomic mass is 32.2. The molecule has 0 unspecified atom stereocenters. The number of benzene rings is 3. The summed E-state index contributed by atoms with van der Waals surface area (Å²) in [4.78, 5) is 47.6. The van der Waals surface area contributed by atoms with Crippen LogP contribution < -0.4 is 21.9 Å². The molecule has 3 aromatic carbocycles. The first-order valence-electron chi connectivity index (χ1n) is 14.3. The molecule has 3 N–H and O–H groups in total. The summed E-state index contributed by atoms with van der Waals surface area (Å²) in [5.41, 5.74) is 6.27. The van der Waals surface area contributed by atoms with Crippen molar-refractivity contribution >= 4 is 40.2 Å². The summed E-state index contributed by atoms with van der Waals surface area (Å²) in [6, 6.07) is 21.8. The first-order chi connectivity index (χ1) is 21.6.